The third-order valence-corrected chi connectivity index (χ3v) is 4.08. The summed E-state index contributed by atoms with van der Waals surface area (Å²) in [5.74, 6) is -0.346. The van der Waals surface area contributed by atoms with E-state index in [0.717, 1.165) is 18.7 Å². The van der Waals surface area contributed by atoms with Crippen molar-refractivity contribution in [3.63, 3.8) is 0 Å². The molecule has 0 radical (unpaired) electrons. The van der Waals surface area contributed by atoms with E-state index >= 15 is 0 Å². The van der Waals surface area contributed by atoms with Crippen molar-refractivity contribution in [1.82, 2.24) is 10.2 Å². The van der Waals surface area contributed by atoms with Crippen LogP contribution in [0.15, 0.2) is 18.2 Å². The molecule has 0 bridgehead atoms. The molecule has 2 nitrogen and oxygen atoms in total. The molecule has 1 N–H and O–H groups in total. The average molecular weight is 271 g/mol. The van der Waals surface area contributed by atoms with E-state index in [1.54, 1.807) is 6.07 Å². The first kappa shape index (κ1) is 13.8. The second-order valence-electron chi connectivity index (χ2n) is 4.94. The summed E-state index contributed by atoms with van der Waals surface area (Å²) in [6.45, 7) is 4.26. The first-order valence-corrected chi connectivity index (χ1v) is 6.86. The van der Waals surface area contributed by atoms with Crippen LogP contribution in [0.3, 0.4) is 0 Å². The van der Waals surface area contributed by atoms with Gasteiger partial charge >= 0.3 is 0 Å². The van der Waals surface area contributed by atoms with E-state index in [0.29, 0.717) is 6.04 Å². The van der Waals surface area contributed by atoms with Crippen LogP contribution < -0.4 is 5.32 Å². The van der Waals surface area contributed by atoms with Crippen LogP contribution in [0, 0.1) is 5.82 Å². The minimum absolute atomic E-state index is 0.212. The highest BCUT2D eigenvalue weighted by Gasteiger charge is 2.28. The highest BCUT2D eigenvalue weighted by atomic mass is 35.5. The van der Waals surface area contributed by atoms with Crippen LogP contribution in [-0.2, 0) is 0 Å². The van der Waals surface area contributed by atoms with E-state index in [1.807, 2.05) is 13.1 Å². The van der Waals surface area contributed by atoms with Crippen molar-refractivity contribution >= 4 is 11.6 Å². The number of halogens is 2. The third-order valence-electron chi connectivity index (χ3n) is 3.79. The molecular weight excluding hydrogens is 251 g/mol. The summed E-state index contributed by atoms with van der Waals surface area (Å²) >= 11 is 5.86. The van der Waals surface area contributed by atoms with Gasteiger partial charge in [0.1, 0.15) is 5.82 Å². The lowest BCUT2D eigenvalue weighted by atomic mass is 10.1. The summed E-state index contributed by atoms with van der Waals surface area (Å²) in [4.78, 5) is 2.47. The zero-order valence-corrected chi connectivity index (χ0v) is 11.7. The standard InChI is InChI=1S/C14H20ClFN2/c1-10(11-5-6-14(16)13(15)8-11)18-7-3-4-12(18)9-17-2/h5-6,8,10,12,17H,3-4,7,9H2,1-2H3. The Bertz CT molecular complexity index is 411. The van der Waals surface area contributed by atoms with Crippen molar-refractivity contribution in [1.29, 1.82) is 0 Å². The van der Waals surface area contributed by atoms with E-state index in [1.165, 1.54) is 18.9 Å². The number of benzene rings is 1. The Hall–Kier alpha value is -0.640. The summed E-state index contributed by atoms with van der Waals surface area (Å²) in [6, 6.07) is 5.88. The highest BCUT2D eigenvalue weighted by molar-refractivity contribution is 6.30. The Morgan fingerprint density at radius 3 is 3.00 bits per heavy atom. The average Bonchev–Trinajstić information content (AvgIpc) is 2.80. The molecular formula is C14H20ClFN2. The van der Waals surface area contributed by atoms with Gasteiger partial charge in [0.2, 0.25) is 0 Å². The first-order chi connectivity index (χ1) is 8.63. The first-order valence-electron chi connectivity index (χ1n) is 6.48. The molecule has 1 aromatic rings. The normalized spacial score (nSPS) is 22.3. The fourth-order valence-electron chi connectivity index (χ4n) is 2.79. The molecule has 2 atom stereocenters. The van der Waals surface area contributed by atoms with E-state index < -0.39 is 0 Å². The Kier molecular flexibility index (Phi) is 4.60. The van der Waals surface area contributed by atoms with Crippen molar-refractivity contribution in [2.45, 2.75) is 31.8 Å². The van der Waals surface area contributed by atoms with Crippen LogP contribution >= 0.6 is 11.6 Å². The lowest BCUT2D eigenvalue weighted by molar-refractivity contribution is 0.191. The minimum atomic E-state index is -0.346. The summed E-state index contributed by atoms with van der Waals surface area (Å²) in [6.07, 6.45) is 2.45. The fraction of sp³-hybridized carbons (Fsp3) is 0.571. The van der Waals surface area contributed by atoms with Crippen molar-refractivity contribution < 1.29 is 4.39 Å². The monoisotopic (exact) mass is 270 g/mol. The predicted molar refractivity (Wildman–Crippen MR) is 73.5 cm³/mol. The summed E-state index contributed by atoms with van der Waals surface area (Å²) in [7, 11) is 1.98. The van der Waals surface area contributed by atoms with Gasteiger partial charge in [0.05, 0.1) is 5.02 Å². The number of hydrogen-bond acceptors (Lipinski definition) is 2. The zero-order valence-electron chi connectivity index (χ0n) is 10.9. The highest BCUT2D eigenvalue weighted by Crippen LogP contribution is 2.30. The van der Waals surface area contributed by atoms with E-state index in [9.17, 15) is 4.39 Å². The molecule has 0 spiro atoms. The van der Waals surface area contributed by atoms with Crippen LogP contribution in [0.2, 0.25) is 5.02 Å². The molecule has 4 heteroatoms. The number of nitrogens with zero attached hydrogens (tertiary/aromatic N) is 1. The number of rotatable bonds is 4. The molecule has 0 saturated carbocycles. The van der Waals surface area contributed by atoms with E-state index in [2.05, 4.69) is 17.1 Å². The van der Waals surface area contributed by atoms with Gasteiger partial charge in [-0.2, -0.15) is 0 Å². The van der Waals surface area contributed by atoms with Gasteiger partial charge in [-0.1, -0.05) is 17.7 Å². The second-order valence-corrected chi connectivity index (χ2v) is 5.35. The van der Waals surface area contributed by atoms with Gasteiger partial charge in [0, 0.05) is 18.6 Å². The van der Waals surface area contributed by atoms with Crippen LogP contribution in [0.5, 0.6) is 0 Å². The second kappa shape index (κ2) is 6.00. The van der Waals surface area contributed by atoms with Gasteiger partial charge < -0.3 is 5.32 Å². The Labute approximate surface area is 113 Å². The molecule has 18 heavy (non-hydrogen) atoms. The molecule has 1 aromatic carbocycles. The zero-order chi connectivity index (χ0) is 13.1. The molecule has 0 amide bonds. The van der Waals surface area contributed by atoms with Crippen LogP contribution in [0.1, 0.15) is 31.4 Å². The van der Waals surface area contributed by atoms with E-state index in [4.69, 9.17) is 11.6 Å². The Morgan fingerprint density at radius 2 is 2.33 bits per heavy atom. The van der Waals surface area contributed by atoms with Crippen molar-refractivity contribution in [2.24, 2.45) is 0 Å². The number of hydrogen-bond donors (Lipinski definition) is 1. The minimum Gasteiger partial charge on any atom is -0.318 e. The molecule has 2 unspecified atom stereocenters. The van der Waals surface area contributed by atoms with Crippen LogP contribution in [0.25, 0.3) is 0 Å². The van der Waals surface area contributed by atoms with Crippen molar-refractivity contribution in [2.75, 3.05) is 20.1 Å². The number of nitrogens with one attached hydrogen (secondary N) is 1. The SMILES string of the molecule is CNCC1CCCN1C(C)c1ccc(F)c(Cl)c1. The molecule has 1 heterocycles. The van der Waals surface area contributed by atoms with Gasteiger partial charge in [-0.05, 0) is 51.1 Å². The largest absolute Gasteiger partial charge is 0.318 e. The molecule has 1 aliphatic heterocycles. The van der Waals surface area contributed by atoms with Gasteiger partial charge in [0.25, 0.3) is 0 Å². The van der Waals surface area contributed by atoms with Gasteiger partial charge in [0.15, 0.2) is 0 Å². The summed E-state index contributed by atoms with van der Waals surface area (Å²) in [5.41, 5.74) is 1.09. The summed E-state index contributed by atoms with van der Waals surface area (Å²) in [5, 5.41) is 3.45. The summed E-state index contributed by atoms with van der Waals surface area (Å²) < 4.78 is 13.2. The number of likely N-dealkylation sites (tertiary alicyclic amines) is 1. The maximum atomic E-state index is 13.2. The van der Waals surface area contributed by atoms with Crippen molar-refractivity contribution in [3.8, 4) is 0 Å². The van der Waals surface area contributed by atoms with E-state index in [-0.39, 0.29) is 16.9 Å². The molecule has 1 saturated heterocycles. The maximum Gasteiger partial charge on any atom is 0.141 e. The smallest absolute Gasteiger partial charge is 0.141 e. The molecule has 1 aliphatic rings. The lowest BCUT2D eigenvalue weighted by Crippen LogP contribution is -2.38. The van der Waals surface area contributed by atoms with Gasteiger partial charge in [-0.3, -0.25) is 4.90 Å². The van der Waals surface area contributed by atoms with Crippen molar-refractivity contribution in [3.05, 3.63) is 34.6 Å². The molecule has 2 rings (SSSR count). The maximum absolute atomic E-state index is 13.2. The molecule has 100 valence electrons. The predicted octanol–water partition coefficient (Wildman–Crippen LogP) is 3.22. The Balaban J connectivity index is 2.14. The molecule has 1 fully saturated rings. The molecule has 0 aliphatic carbocycles. The van der Waals surface area contributed by atoms with Crippen LogP contribution in [0.4, 0.5) is 4.39 Å². The fourth-order valence-corrected chi connectivity index (χ4v) is 2.98. The van der Waals surface area contributed by atoms with Gasteiger partial charge in [-0.15, -0.1) is 0 Å². The Morgan fingerprint density at radius 1 is 1.56 bits per heavy atom. The molecule has 0 aromatic heterocycles. The third kappa shape index (κ3) is 2.85. The lowest BCUT2D eigenvalue weighted by Gasteiger charge is -2.31. The topological polar surface area (TPSA) is 15.3 Å². The van der Waals surface area contributed by atoms with Gasteiger partial charge in [-0.25, -0.2) is 4.39 Å². The quantitative estimate of drug-likeness (QED) is 0.904. The van der Waals surface area contributed by atoms with Crippen LogP contribution in [-0.4, -0.2) is 31.1 Å². The number of likely N-dealkylation sites (N-methyl/N-ethyl adjacent to an activating group) is 1.